The summed E-state index contributed by atoms with van der Waals surface area (Å²) in [5.74, 6) is 0.758. The number of nitrogens with zero attached hydrogens (tertiary/aromatic N) is 2. The van der Waals surface area contributed by atoms with Crippen LogP contribution < -0.4 is 10.5 Å². The van der Waals surface area contributed by atoms with Crippen LogP contribution in [0, 0.1) is 6.92 Å². The van der Waals surface area contributed by atoms with Crippen molar-refractivity contribution in [1.82, 2.24) is 15.2 Å². The number of nitrogen functional groups attached to an aromatic ring is 1. The van der Waals surface area contributed by atoms with Crippen molar-refractivity contribution >= 4 is 17.3 Å². The third kappa shape index (κ3) is 2.38. The highest BCUT2D eigenvalue weighted by atomic mass is 35.5. The van der Waals surface area contributed by atoms with Crippen LogP contribution in [-0.4, -0.2) is 15.2 Å². The van der Waals surface area contributed by atoms with Gasteiger partial charge in [0.05, 0.1) is 0 Å². The SMILES string of the molecule is Cc1cc(Oc2cc(N)cc(Cl)n2)n[nH]1. The molecule has 0 aromatic carbocycles. The predicted octanol–water partition coefficient (Wildman–Crippen LogP) is 2.14. The summed E-state index contributed by atoms with van der Waals surface area (Å²) in [5.41, 5.74) is 6.99. The quantitative estimate of drug-likeness (QED) is 0.767. The number of aromatic amines is 1. The molecule has 0 radical (unpaired) electrons. The van der Waals surface area contributed by atoms with Gasteiger partial charge in [0, 0.05) is 23.5 Å². The number of nitrogens with one attached hydrogen (secondary N) is 1. The van der Waals surface area contributed by atoms with E-state index >= 15 is 0 Å². The maximum absolute atomic E-state index is 5.72. The van der Waals surface area contributed by atoms with Crippen molar-refractivity contribution < 1.29 is 4.74 Å². The number of nitrogens with two attached hydrogens (primary N) is 1. The molecule has 15 heavy (non-hydrogen) atoms. The molecule has 0 saturated carbocycles. The van der Waals surface area contributed by atoms with Gasteiger partial charge in [0.25, 0.3) is 0 Å². The first-order chi connectivity index (χ1) is 7.13. The second kappa shape index (κ2) is 3.78. The molecular weight excluding hydrogens is 216 g/mol. The summed E-state index contributed by atoms with van der Waals surface area (Å²) >= 11 is 5.72. The second-order valence-electron chi connectivity index (χ2n) is 3.05. The Morgan fingerprint density at radius 2 is 2.13 bits per heavy atom. The monoisotopic (exact) mass is 224 g/mol. The van der Waals surface area contributed by atoms with Crippen molar-refractivity contribution in [1.29, 1.82) is 0 Å². The summed E-state index contributed by atoms with van der Waals surface area (Å²) in [5, 5.41) is 6.94. The molecule has 0 amide bonds. The van der Waals surface area contributed by atoms with Crippen LogP contribution in [0.5, 0.6) is 11.8 Å². The summed E-state index contributed by atoms with van der Waals surface area (Å²) in [4.78, 5) is 3.95. The third-order valence-corrected chi connectivity index (χ3v) is 1.88. The van der Waals surface area contributed by atoms with Crippen LogP contribution >= 0.6 is 11.6 Å². The first-order valence-corrected chi connectivity index (χ1v) is 4.64. The first kappa shape index (κ1) is 9.79. The first-order valence-electron chi connectivity index (χ1n) is 4.26. The van der Waals surface area contributed by atoms with Gasteiger partial charge in [0.2, 0.25) is 11.8 Å². The minimum Gasteiger partial charge on any atom is -0.419 e. The molecule has 2 heterocycles. The van der Waals surface area contributed by atoms with Gasteiger partial charge >= 0.3 is 0 Å². The van der Waals surface area contributed by atoms with Crippen LogP contribution in [0.15, 0.2) is 18.2 Å². The van der Waals surface area contributed by atoms with E-state index in [-0.39, 0.29) is 5.15 Å². The van der Waals surface area contributed by atoms with E-state index in [9.17, 15) is 0 Å². The Morgan fingerprint density at radius 3 is 2.73 bits per heavy atom. The van der Waals surface area contributed by atoms with Gasteiger partial charge in [-0.1, -0.05) is 11.6 Å². The molecule has 2 rings (SSSR count). The van der Waals surface area contributed by atoms with Crippen LogP contribution in [0.4, 0.5) is 5.69 Å². The average molecular weight is 225 g/mol. The number of hydrogen-bond acceptors (Lipinski definition) is 4. The fourth-order valence-corrected chi connectivity index (χ4v) is 1.31. The number of rotatable bonds is 2. The number of pyridine rings is 1. The number of halogens is 1. The van der Waals surface area contributed by atoms with E-state index in [2.05, 4.69) is 15.2 Å². The number of ether oxygens (including phenoxy) is 1. The normalized spacial score (nSPS) is 10.3. The summed E-state index contributed by atoms with van der Waals surface area (Å²) in [6.07, 6.45) is 0. The molecule has 0 bridgehead atoms. The van der Waals surface area contributed by atoms with Gasteiger partial charge in [0.15, 0.2) is 0 Å². The van der Waals surface area contributed by atoms with Crippen LogP contribution in [0.25, 0.3) is 0 Å². The summed E-state index contributed by atoms with van der Waals surface area (Å²) in [6, 6.07) is 4.87. The van der Waals surface area contributed by atoms with E-state index in [4.69, 9.17) is 22.1 Å². The highest BCUT2D eigenvalue weighted by molar-refractivity contribution is 6.29. The van der Waals surface area contributed by atoms with Gasteiger partial charge in [-0.3, -0.25) is 5.10 Å². The maximum Gasteiger partial charge on any atom is 0.240 e. The molecule has 0 saturated heterocycles. The fourth-order valence-electron chi connectivity index (χ4n) is 1.10. The lowest BCUT2D eigenvalue weighted by Crippen LogP contribution is -1.92. The Morgan fingerprint density at radius 1 is 1.33 bits per heavy atom. The summed E-state index contributed by atoms with van der Waals surface area (Å²) < 4.78 is 5.34. The van der Waals surface area contributed by atoms with E-state index in [0.29, 0.717) is 17.4 Å². The van der Waals surface area contributed by atoms with Gasteiger partial charge in [-0.25, -0.2) is 4.98 Å². The highest BCUT2D eigenvalue weighted by Crippen LogP contribution is 2.22. The molecule has 0 aliphatic heterocycles. The van der Waals surface area contributed by atoms with Crippen LogP contribution in [0.2, 0.25) is 5.15 Å². The topological polar surface area (TPSA) is 76.8 Å². The Hall–Kier alpha value is -1.75. The molecule has 78 valence electrons. The largest absolute Gasteiger partial charge is 0.419 e. The maximum atomic E-state index is 5.72. The Kier molecular flexibility index (Phi) is 2.47. The van der Waals surface area contributed by atoms with Gasteiger partial charge in [-0.05, 0) is 13.0 Å². The number of anilines is 1. The Balaban J connectivity index is 2.24. The van der Waals surface area contributed by atoms with Gasteiger partial charge < -0.3 is 10.5 Å². The van der Waals surface area contributed by atoms with Crippen molar-refractivity contribution in [3.63, 3.8) is 0 Å². The molecule has 5 nitrogen and oxygen atoms in total. The van der Waals surface area contributed by atoms with Crippen molar-refractivity contribution in [3.05, 3.63) is 29.0 Å². The Labute approximate surface area is 91.2 Å². The minimum atomic E-state index is 0.289. The van der Waals surface area contributed by atoms with E-state index in [1.807, 2.05) is 6.92 Å². The lowest BCUT2D eigenvalue weighted by atomic mass is 10.4. The molecule has 0 atom stereocenters. The highest BCUT2D eigenvalue weighted by Gasteiger charge is 2.04. The van der Waals surface area contributed by atoms with Crippen molar-refractivity contribution in [2.24, 2.45) is 0 Å². The smallest absolute Gasteiger partial charge is 0.240 e. The van der Waals surface area contributed by atoms with Crippen molar-refractivity contribution in [2.45, 2.75) is 6.92 Å². The standard InChI is InChI=1S/C9H9ClN4O/c1-5-2-9(14-13-5)15-8-4-6(11)3-7(10)12-8/h2-4H,1H3,(H2,11,12)(H,13,14). The fraction of sp³-hybridized carbons (Fsp3) is 0.111. The number of hydrogen-bond donors (Lipinski definition) is 2. The molecule has 0 spiro atoms. The van der Waals surface area contributed by atoms with Crippen LogP contribution in [-0.2, 0) is 0 Å². The molecule has 0 unspecified atom stereocenters. The lowest BCUT2D eigenvalue weighted by Gasteiger charge is -2.02. The third-order valence-electron chi connectivity index (χ3n) is 1.68. The van der Waals surface area contributed by atoms with E-state index in [1.54, 1.807) is 18.2 Å². The zero-order valence-corrected chi connectivity index (χ0v) is 8.75. The summed E-state index contributed by atoms with van der Waals surface area (Å²) in [6.45, 7) is 1.87. The van der Waals surface area contributed by atoms with Crippen LogP contribution in [0.3, 0.4) is 0 Å². The average Bonchev–Trinajstić information content (AvgIpc) is 2.49. The second-order valence-corrected chi connectivity index (χ2v) is 3.44. The molecule has 2 aromatic rings. The summed E-state index contributed by atoms with van der Waals surface area (Å²) in [7, 11) is 0. The van der Waals surface area contributed by atoms with Crippen LogP contribution in [0.1, 0.15) is 5.69 Å². The van der Waals surface area contributed by atoms with Crippen molar-refractivity contribution in [3.8, 4) is 11.8 Å². The number of H-pyrrole nitrogens is 1. The molecule has 6 heteroatoms. The van der Waals surface area contributed by atoms with E-state index in [0.717, 1.165) is 5.69 Å². The van der Waals surface area contributed by atoms with Gasteiger partial charge in [-0.2, -0.15) is 0 Å². The predicted molar refractivity (Wildman–Crippen MR) is 57.1 cm³/mol. The molecule has 0 aliphatic carbocycles. The molecule has 0 aliphatic rings. The zero-order valence-electron chi connectivity index (χ0n) is 7.99. The number of aromatic nitrogens is 3. The van der Waals surface area contributed by atoms with Gasteiger partial charge in [-0.15, -0.1) is 5.10 Å². The van der Waals surface area contributed by atoms with Gasteiger partial charge in [0.1, 0.15) is 5.15 Å². The Bertz CT molecular complexity index is 462. The lowest BCUT2D eigenvalue weighted by molar-refractivity contribution is 0.444. The molecular formula is C9H9ClN4O. The molecule has 0 fully saturated rings. The van der Waals surface area contributed by atoms with E-state index in [1.165, 1.54) is 0 Å². The molecule has 3 N–H and O–H groups in total. The number of aryl methyl sites for hydroxylation is 1. The van der Waals surface area contributed by atoms with Crippen molar-refractivity contribution in [2.75, 3.05) is 5.73 Å². The molecule has 2 aromatic heterocycles. The van der Waals surface area contributed by atoms with E-state index < -0.39 is 0 Å². The minimum absolute atomic E-state index is 0.289. The zero-order chi connectivity index (χ0) is 10.8.